The van der Waals surface area contributed by atoms with Gasteiger partial charge in [0.05, 0.1) is 11.5 Å². The molecule has 0 saturated carbocycles. The van der Waals surface area contributed by atoms with Gasteiger partial charge in [-0.2, -0.15) is 0 Å². The van der Waals surface area contributed by atoms with Crippen molar-refractivity contribution in [2.75, 3.05) is 18.1 Å². The first-order valence-corrected chi connectivity index (χ1v) is 8.45. The van der Waals surface area contributed by atoms with Crippen LogP contribution >= 0.6 is 0 Å². The molecule has 6 heteroatoms. The molecule has 5 nitrogen and oxygen atoms in total. The second-order valence-corrected chi connectivity index (χ2v) is 7.29. The van der Waals surface area contributed by atoms with Gasteiger partial charge in [0.1, 0.15) is 6.61 Å². The number of aryl methyl sites for hydroxylation is 1. The Hall–Kier alpha value is -1.84. The quantitative estimate of drug-likeness (QED) is 0.768. The molecule has 1 atom stereocenters. The lowest BCUT2D eigenvalue weighted by Gasteiger charge is -2.11. The van der Waals surface area contributed by atoms with Crippen LogP contribution in [0, 0.1) is 18.8 Å². The highest BCUT2D eigenvalue weighted by atomic mass is 32.2. The van der Waals surface area contributed by atoms with Gasteiger partial charge in [0.25, 0.3) is 5.91 Å². The first-order chi connectivity index (χ1) is 9.91. The predicted molar refractivity (Wildman–Crippen MR) is 79.7 cm³/mol. The van der Waals surface area contributed by atoms with Crippen LogP contribution in [0.25, 0.3) is 0 Å². The summed E-state index contributed by atoms with van der Waals surface area (Å²) >= 11 is 0. The second kappa shape index (κ2) is 6.29. The maximum absolute atomic E-state index is 12.1. The van der Waals surface area contributed by atoms with Crippen LogP contribution in [0.15, 0.2) is 18.2 Å². The molecule has 2 rings (SSSR count). The number of hydrogen-bond acceptors (Lipinski definition) is 4. The van der Waals surface area contributed by atoms with Crippen LogP contribution in [0.1, 0.15) is 27.9 Å². The molecule has 1 aliphatic heterocycles. The summed E-state index contributed by atoms with van der Waals surface area (Å²) in [5.41, 5.74) is 2.07. The van der Waals surface area contributed by atoms with Crippen molar-refractivity contribution in [1.82, 2.24) is 5.32 Å². The van der Waals surface area contributed by atoms with Crippen LogP contribution < -0.4 is 5.32 Å². The fourth-order valence-corrected chi connectivity index (χ4v) is 3.93. The first kappa shape index (κ1) is 15.5. The smallest absolute Gasteiger partial charge is 0.251 e. The van der Waals surface area contributed by atoms with E-state index in [4.69, 9.17) is 5.11 Å². The third kappa shape index (κ3) is 4.06. The molecule has 1 aliphatic rings. The van der Waals surface area contributed by atoms with Crippen LogP contribution in [0.2, 0.25) is 0 Å². The van der Waals surface area contributed by atoms with E-state index in [9.17, 15) is 13.2 Å². The summed E-state index contributed by atoms with van der Waals surface area (Å²) in [6, 6.07) is 4.77. The number of carbonyl (C=O) groups excluding carboxylic acids is 1. The molecule has 1 heterocycles. The number of benzene rings is 1. The third-order valence-corrected chi connectivity index (χ3v) is 5.13. The lowest BCUT2D eigenvalue weighted by Crippen LogP contribution is -2.35. The van der Waals surface area contributed by atoms with Crippen molar-refractivity contribution in [3.05, 3.63) is 34.9 Å². The summed E-state index contributed by atoms with van der Waals surface area (Å²) in [5, 5.41) is 11.4. The average molecular weight is 307 g/mol. The predicted octanol–water partition coefficient (Wildman–Crippen LogP) is 0.256. The Kier molecular flexibility index (Phi) is 4.66. The van der Waals surface area contributed by atoms with Gasteiger partial charge in [-0.05, 0) is 37.1 Å². The normalized spacial score (nSPS) is 19.6. The largest absolute Gasteiger partial charge is 0.384 e. The summed E-state index contributed by atoms with van der Waals surface area (Å²) in [7, 11) is -3.01. The molecule has 0 bridgehead atoms. The number of aliphatic hydroxyl groups is 1. The molecule has 1 aromatic carbocycles. The van der Waals surface area contributed by atoms with E-state index >= 15 is 0 Å². The van der Waals surface area contributed by atoms with E-state index in [0.717, 1.165) is 11.1 Å². The lowest BCUT2D eigenvalue weighted by molar-refractivity contribution is 0.0941. The Labute approximate surface area is 124 Å². The van der Waals surface area contributed by atoms with Crippen molar-refractivity contribution in [1.29, 1.82) is 0 Å². The highest BCUT2D eigenvalue weighted by molar-refractivity contribution is 7.91. The molecule has 0 aliphatic carbocycles. The Bertz CT molecular complexity index is 713. The molecular formula is C15H17NO4S. The van der Waals surface area contributed by atoms with E-state index in [2.05, 4.69) is 17.2 Å². The van der Waals surface area contributed by atoms with Crippen molar-refractivity contribution in [2.45, 2.75) is 19.4 Å². The van der Waals surface area contributed by atoms with Crippen molar-refractivity contribution < 1.29 is 18.3 Å². The molecule has 0 spiro atoms. The summed E-state index contributed by atoms with van der Waals surface area (Å²) in [5.74, 6) is 5.23. The summed E-state index contributed by atoms with van der Waals surface area (Å²) in [6.45, 7) is 1.62. The van der Waals surface area contributed by atoms with E-state index < -0.39 is 9.84 Å². The van der Waals surface area contributed by atoms with Gasteiger partial charge >= 0.3 is 0 Å². The fraction of sp³-hybridized carbons (Fsp3) is 0.400. The Morgan fingerprint density at radius 2 is 2.24 bits per heavy atom. The van der Waals surface area contributed by atoms with Gasteiger partial charge in [0.2, 0.25) is 0 Å². The topological polar surface area (TPSA) is 83.5 Å². The highest BCUT2D eigenvalue weighted by Gasteiger charge is 2.29. The number of hydrogen-bond donors (Lipinski definition) is 2. The highest BCUT2D eigenvalue weighted by Crippen LogP contribution is 2.14. The zero-order valence-electron chi connectivity index (χ0n) is 11.7. The van der Waals surface area contributed by atoms with Crippen molar-refractivity contribution in [2.24, 2.45) is 0 Å². The van der Waals surface area contributed by atoms with Crippen LogP contribution in [0.4, 0.5) is 0 Å². The van der Waals surface area contributed by atoms with Crippen molar-refractivity contribution in [3.8, 4) is 11.8 Å². The number of nitrogens with one attached hydrogen (secondary N) is 1. The van der Waals surface area contributed by atoms with Gasteiger partial charge in [-0.3, -0.25) is 4.79 Å². The minimum atomic E-state index is -3.01. The summed E-state index contributed by atoms with van der Waals surface area (Å²) in [6.07, 6.45) is 0.465. The van der Waals surface area contributed by atoms with Crippen LogP contribution in [-0.4, -0.2) is 43.6 Å². The standard InChI is InChI=1S/C15H17NO4S/c1-11-9-13(5-4-12(11)3-2-7-17)15(18)16-14-6-8-21(19,20)10-14/h4-5,9,14,17H,6-8,10H2,1H3,(H,16,18). The molecule has 0 aromatic heterocycles. The molecule has 1 unspecified atom stereocenters. The monoisotopic (exact) mass is 307 g/mol. The van der Waals surface area contributed by atoms with Crippen LogP contribution in [0.5, 0.6) is 0 Å². The molecule has 1 aromatic rings. The Balaban J connectivity index is 2.08. The molecule has 21 heavy (non-hydrogen) atoms. The van der Waals surface area contributed by atoms with E-state index in [-0.39, 0.29) is 30.1 Å². The van der Waals surface area contributed by atoms with Gasteiger partial charge < -0.3 is 10.4 Å². The number of aliphatic hydroxyl groups excluding tert-OH is 1. The molecular weight excluding hydrogens is 290 g/mol. The number of sulfone groups is 1. The summed E-state index contributed by atoms with van der Waals surface area (Å²) in [4.78, 5) is 12.1. The van der Waals surface area contributed by atoms with Crippen LogP contribution in [0.3, 0.4) is 0 Å². The van der Waals surface area contributed by atoms with Gasteiger partial charge in [0.15, 0.2) is 9.84 Å². The van der Waals surface area contributed by atoms with Gasteiger partial charge in [-0.15, -0.1) is 0 Å². The van der Waals surface area contributed by atoms with Crippen LogP contribution in [-0.2, 0) is 9.84 Å². The molecule has 2 N–H and O–H groups in total. The van der Waals surface area contributed by atoms with E-state index in [0.29, 0.717) is 12.0 Å². The second-order valence-electron chi connectivity index (χ2n) is 5.06. The minimum absolute atomic E-state index is 0.0117. The zero-order chi connectivity index (χ0) is 15.5. The van der Waals surface area contributed by atoms with Gasteiger partial charge in [-0.1, -0.05) is 11.8 Å². The maximum Gasteiger partial charge on any atom is 0.251 e. The van der Waals surface area contributed by atoms with Gasteiger partial charge in [0, 0.05) is 17.2 Å². The Morgan fingerprint density at radius 1 is 1.48 bits per heavy atom. The molecule has 112 valence electrons. The van der Waals surface area contributed by atoms with E-state index in [1.807, 2.05) is 6.92 Å². The van der Waals surface area contributed by atoms with Crippen molar-refractivity contribution >= 4 is 15.7 Å². The molecule has 1 amide bonds. The van der Waals surface area contributed by atoms with E-state index in [1.165, 1.54) is 0 Å². The van der Waals surface area contributed by atoms with Crippen molar-refractivity contribution in [3.63, 3.8) is 0 Å². The lowest BCUT2D eigenvalue weighted by atomic mass is 10.0. The number of amides is 1. The first-order valence-electron chi connectivity index (χ1n) is 6.63. The van der Waals surface area contributed by atoms with Gasteiger partial charge in [-0.25, -0.2) is 8.42 Å². The summed E-state index contributed by atoms with van der Waals surface area (Å²) < 4.78 is 22.7. The minimum Gasteiger partial charge on any atom is -0.384 e. The SMILES string of the molecule is Cc1cc(C(=O)NC2CCS(=O)(=O)C2)ccc1C#CCO. The maximum atomic E-state index is 12.1. The number of rotatable bonds is 2. The zero-order valence-corrected chi connectivity index (χ0v) is 12.5. The fourth-order valence-electron chi connectivity index (χ4n) is 2.26. The Morgan fingerprint density at radius 3 is 2.81 bits per heavy atom. The molecule has 1 saturated heterocycles. The van der Waals surface area contributed by atoms with E-state index in [1.54, 1.807) is 18.2 Å². The number of carbonyl (C=O) groups is 1. The molecule has 1 fully saturated rings. The molecule has 0 radical (unpaired) electrons. The average Bonchev–Trinajstić information content (AvgIpc) is 2.76. The third-order valence-electron chi connectivity index (χ3n) is 3.36.